The van der Waals surface area contributed by atoms with Gasteiger partial charge in [-0.25, -0.2) is 0 Å². The maximum absolute atomic E-state index is 13.3. The van der Waals surface area contributed by atoms with Crippen molar-refractivity contribution in [3.05, 3.63) is 71.9 Å². The first-order valence-corrected chi connectivity index (χ1v) is 10.0. The fraction of sp³-hybridized carbons (Fsp3) is 0.292. The number of amides is 2. The van der Waals surface area contributed by atoms with Crippen LogP contribution >= 0.6 is 0 Å². The van der Waals surface area contributed by atoms with Gasteiger partial charge in [-0.1, -0.05) is 30.3 Å². The van der Waals surface area contributed by atoms with E-state index >= 15 is 0 Å². The molecule has 0 N–H and O–H groups in total. The maximum Gasteiger partial charge on any atom is 0.256 e. The number of pyridine rings is 1. The topological polar surface area (TPSA) is 53.5 Å². The molecule has 3 aromatic rings. The van der Waals surface area contributed by atoms with Crippen molar-refractivity contribution < 1.29 is 9.59 Å². The van der Waals surface area contributed by atoms with Crippen molar-refractivity contribution in [1.82, 2.24) is 9.88 Å². The van der Waals surface area contributed by atoms with Crippen molar-refractivity contribution >= 4 is 28.4 Å². The van der Waals surface area contributed by atoms with Crippen LogP contribution in [0.15, 0.2) is 60.8 Å². The Bertz CT molecular complexity index is 1120. The number of aryl methyl sites for hydroxylation is 1. The van der Waals surface area contributed by atoms with Gasteiger partial charge in [0.25, 0.3) is 5.91 Å². The number of hydrogen-bond donors (Lipinski definition) is 0. The van der Waals surface area contributed by atoms with E-state index in [1.54, 1.807) is 6.20 Å². The summed E-state index contributed by atoms with van der Waals surface area (Å²) in [7, 11) is 0. The lowest BCUT2D eigenvalue weighted by Crippen LogP contribution is -2.34. The van der Waals surface area contributed by atoms with Crippen LogP contribution in [0, 0.1) is 12.3 Å². The number of likely N-dealkylation sites (tertiary alicyclic amines) is 1. The summed E-state index contributed by atoms with van der Waals surface area (Å²) in [4.78, 5) is 34.3. The fourth-order valence-electron chi connectivity index (χ4n) is 4.76. The first-order chi connectivity index (χ1) is 14.0. The molecule has 29 heavy (non-hydrogen) atoms. The third kappa shape index (κ3) is 3.07. The molecule has 0 saturated carbocycles. The molecule has 1 spiro atoms. The minimum atomic E-state index is -0.158. The van der Waals surface area contributed by atoms with Gasteiger partial charge in [0.1, 0.15) is 0 Å². The van der Waals surface area contributed by atoms with E-state index in [4.69, 9.17) is 0 Å². The van der Waals surface area contributed by atoms with E-state index < -0.39 is 0 Å². The molecule has 0 aliphatic carbocycles. The number of benzene rings is 2. The summed E-state index contributed by atoms with van der Waals surface area (Å²) >= 11 is 0. The second-order valence-corrected chi connectivity index (χ2v) is 8.35. The highest BCUT2D eigenvalue weighted by atomic mass is 16.2. The van der Waals surface area contributed by atoms with Crippen LogP contribution in [0.4, 0.5) is 5.69 Å². The van der Waals surface area contributed by atoms with E-state index in [1.807, 2.05) is 65.3 Å². The molecule has 5 nitrogen and oxygen atoms in total. The van der Waals surface area contributed by atoms with E-state index in [9.17, 15) is 9.59 Å². The van der Waals surface area contributed by atoms with Gasteiger partial charge in [0.15, 0.2) is 0 Å². The molecule has 2 aromatic carbocycles. The summed E-state index contributed by atoms with van der Waals surface area (Å²) in [6.45, 7) is 4.00. The minimum absolute atomic E-state index is 0.00706. The highest BCUT2D eigenvalue weighted by molar-refractivity contribution is 6.05. The lowest BCUT2D eigenvalue weighted by molar-refractivity contribution is -0.117. The van der Waals surface area contributed by atoms with Crippen molar-refractivity contribution in [3.63, 3.8) is 0 Å². The number of anilines is 1. The van der Waals surface area contributed by atoms with Crippen molar-refractivity contribution in [2.45, 2.75) is 19.8 Å². The van der Waals surface area contributed by atoms with Gasteiger partial charge in [-0.2, -0.15) is 0 Å². The monoisotopic (exact) mass is 385 g/mol. The Morgan fingerprint density at radius 2 is 1.90 bits per heavy atom. The standard InChI is InChI=1S/C24H23N3O2/c1-17-5-2-8-19(13-17)27-16-24(14-21(27)28)10-12-26(15-24)23(29)20-9-3-6-18-7-4-11-25-22(18)20/h2-9,11,13H,10,12,14-16H2,1H3/t24-/m1/s1. The van der Waals surface area contributed by atoms with Crippen LogP contribution in [0.3, 0.4) is 0 Å². The first kappa shape index (κ1) is 17.9. The average molecular weight is 385 g/mol. The number of aromatic nitrogens is 1. The molecule has 2 fully saturated rings. The predicted octanol–water partition coefficient (Wildman–Crippen LogP) is 3.81. The molecule has 0 radical (unpaired) electrons. The summed E-state index contributed by atoms with van der Waals surface area (Å²) in [5.41, 5.74) is 3.32. The van der Waals surface area contributed by atoms with Crippen molar-refractivity contribution in [1.29, 1.82) is 0 Å². The van der Waals surface area contributed by atoms with E-state index in [2.05, 4.69) is 11.1 Å². The van der Waals surface area contributed by atoms with Crippen LogP contribution in [-0.4, -0.2) is 41.3 Å². The second-order valence-electron chi connectivity index (χ2n) is 8.35. The minimum Gasteiger partial charge on any atom is -0.338 e. The number of fused-ring (bicyclic) bond motifs is 1. The van der Waals surface area contributed by atoms with E-state index in [0.717, 1.165) is 28.6 Å². The number of nitrogens with zero attached hydrogens (tertiary/aromatic N) is 3. The smallest absolute Gasteiger partial charge is 0.256 e. The van der Waals surface area contributed by atoms with Gasteiger partial charge < -0.3 is 9.80 Å². The van der Waals surface area contributed by atoms with Crippen LogP contribution in [0.2, 0.25) is 0 Å². The molecular weight excluding hydrogens is 362 g/mol. The predicted molar refractivity (Wildman–Crippen MR) is 113 cm³/mol. The molecule has 1 aromatic heterocycles. The number of carbonyl (C=O) groups is 2. The largest absolute Gasteiger partial charge is 0.338 e. The Balaban J connectivity index is 1.38. The van der Waals surface area contributed by atoms with Crippen molar-refractivity contribution in [2.75, 3.05) is 24.5 Å². The molecule has 2 saturated heterocycles. The normalized spacial score (nSPS) is 21.5. The quantitative estimate of drug-likeness (QED) is 0.674. The molecule has 1 atom stereocenters. The maximum atomic E-state index is 13.3. The zero-order valence-electron chi connectivity index (χ0n) is 16.5. The molecule has 2 amide bonds. The Labute approximate surface area is 170 Å². The highest BCUT2D eigenvalue weighted by Crippen LogP contribution is 2.42. The molecule has 2 aliphatic rings. The number of rotatable bonds is 2. The van der Waals surface area contributed by atoms with Crippen molar-refractivity contribution in [2.24, 2.45) is 5.41 Å². The van der Waals surface area contributed by atoms with Gasteiger partial charge in [0.2, 0.25) is 5.91 Å². The summed E-state index contributed by atoms with van der Waals surface area (Å²) in [6, 6.07) is 17.6. The van der Waals surface area contributed by atoms with Crippen LogP contribution in [0.25, 0.3) is 10.9 Å². The van der Waals surface area contributed by atoms with E-state index in [0.29, 0.717) is 31.6 Å². The van der Waals surface area contributed by atoms with Gasteiger partial charge in [-0.15, -0.1) is 0 Å². The third-order valence-electron chi connectivity index (χ3n) is 6.22. The highest BCUT2D eigenvalue weighted by Gasteiger charge is 2.49. The fourth-order valence-corrected chi connectivity index (χ4v) is 4.76. The zero-order chi connectivity index (χ0) is 20.0. The van der Waals surface area contributed by atoms with E-state index in [1.165, 1.54) is 0 Å². The zero-order valence-corrected chi connectivity index (χ0v) is 16.5. The van der Waals surface area contributed by atoms with E-state index in [-0.39, 0.29) is 17.2 Å². The molecule has 0 unspecified atom stereocenters. The Morgan fingerprint density at radius 1 is 1.07 bits per heavy atom. The molecule has 0 bridgehead atoms. The molecule has 3 heterocycles. The second kappa shape index (κ2) is 6.69. The Hall–Kier alpha value is -3.21. The average Bonchev–Trinajstić information content (AvgIpc) is 3.29. The first-order valence-electron chi connectivity index (χ1n) is 10.0. The number of para-hydroxylation sites is 1. The molecular formula is C24H23N3O2. The third-order valence-corrected chi connectivity index (χ3v) is 6.22. The van der Waals surface area contributed by atoms with Gasteiger partial charge in [0.05, 0.1) is 11.1 Å². The summed E-state index contributed by atoms with van der Waals surface area (Å²) in [6.07, 6.45) is 3.07. The molecule has 146 valence electrons. The molecule has 5 rings (SSSR count). The van der Waals surface area contributed by atoms with Gasteiger partial charge in [0, 0.05) is 48.7 Å². The van der Waals surface area contributed by atoms with Crippen molar-refractivity contribution in [3.8, 4) is 0 Å². The Kier molecular flexibility index (Phi) is 4.12. The van der Waals surface area contributed by atoms with Gasteiger partial charge >= 0.3 is 0 Å². The van der Waals surface area contributed by atoms with Crippen LogP contribution in [0.5, 0.6) is 0 Å². The number of hydrogen-bond acceptors (Lipinski definition) is 3. The Morgan fingerprint density at radius 3 is 2.76 bits per heavy atom. The summed E-state index contributed by atoms with van der Waals surface area (Å²) in [5.74, 6) is 0.157. The molecule has 5 heteroatoms. The molecule has 2 aliphatic heterocycles. The summed E-state index contributed by atoms with van der Waals surface area (Å²) in [5, 5.41) is 0.967. The van der Waals surface area contributed by atoms with Crippen LogP contribution in [0.1, 0.15) is 28.8 Å². The van der Waals surface area contributed by atoms with Gasteiger partial charge in [-0.3, -0.25) is 14.6 Å². The lowest BCUT2D eigenvalue weighted by atomic mass is 9.86. The lowest BCUT2D eigenvalue weighted by Gasteiger charge is -2.24. The number of carbonyl (C=O) groups excluding carboxylic acids is 2. The van der Waals surface area contributed by atoms with Crippen LogP contribution < -0.4 is 4.90 Å². The SMILES string of the molecule is Cc1cccc(N2C[C@]3(CCN(C(=O)c4cccc5cccnc45)C3)CC2=O)c1. The summed E-state index contributed by atoms with van der Waals surface area (Å²) < 4.78 is 0. The van der Waals surface area contributed by atoms with Gasteiger partial charge in [-0.05, 0) is 43.2 Å². The van der Waals surface area contributed by atoms with Crippen LogP contribution in [-0.2, 0) is 4.79 Å².